The first-order valence-corrected chi connectivity index (χ1v) is 8.11. The van der Waals surface area contributed by atoms with Crippen LogP contribution in [0.4, 0.5) is 11.8 Å². The second-order valence-electron chi connectivity index (χ2n) is 5.60. The lowest BCUT2D eigenvalue weighted by molar-refractivity contribution is 0.206. The number of rotatable bonds is 5. The molecule has 0 spiro atoms. The summed E-state index contributed by atoms with van der Waals surface area (Å²) in [5.41, 5.74) is 0. The zero-order chi connectivity index (χ0) is 14.5. The second kappa shape index (κ2) is 7.22. The van der Waals surface area contributed by atoms with Crippen LogP contribution in [0.25, 0.3) is 0 Å². The van der Waals surface area contributed by atoms with Crippen molar-refractivity contribution in [1.29, 1.82) is 0 Å². The number of likely N-dealkylation sites (tertiary alicyclic amines) is 1. The minimum Gasteiger partial charge on any atom is -0.366 e. The highest BCUT2D eigenvalue weighted by atomic mass is 79.9. The van der Waals surface area contributed by atoms with Gasteiger partial charge in [-0.1, -0.05) is 13.8 Å². The van der Waals surface area contributed by atoms with E-state index in [0.717, 1.165) is 42.8 Å². The molecule has 2 rings (SSSR count). The van der Waals surface area contributed by atoms with Crippen LogP contribution in [0, 0.1) is 5.92 Å². The van der Waals surface area contributed by atoms with E-state index >= 15 is 0 Å². The van der Waals surface area contributed by atoms with E-state index in [1.165, 1.54) is 0 Å². The quantitative estimate of drug-likeness (QED) is 0.862. The number of anilines is 2. The molecule has 0 bridgehead atoms. The number of nitrogens with zero attached hydrogens (tertiary/aromatic N) is 3. The van der Waals surface area contributed by atoms with E-state index in [9.17, 15) is 0 Å². The normalized spacial score (nSPS) is 23.6. The van der Waals surface area contributed by atoms with Crippen molar-refractivity contribution in [2.45, 2.75) is 32.7 Å². The summed E-state index contributed by atoms with van der Waals surface area (Å²) >= 11 is 3.53. The summed E-state index contributed by atoms with van der Waals surface area (Å²) in [5.74, 6) is 2.20. The third-order valence-corrected chi connectivity index (χ3v) is 4.29. The Labute approximate surface area is 129 Å². The van der Waals surface area contributed by atoms with E-state index in [-0.39, 0.29) is 0 Å². The van der Waals surface area contributed by atoms with Crippen LogP contribution in [0.5, 0.6) is 0 Å². The molecule has 5 nitrogen and oxygen atoms in total. The predicted octanol–water partition coefficient (Wildman–Crippen LogP) is 2.81. The molecule has 0 amide bonds. The topological polar surface area (TPSA) is 53.1 Å². The fourth-order valence-corrected chi connectivity index (χ4v) is 2.84. The number of aromatic nitrogens is 2. The van der Waals surface area contributed by atoms with E-state index in [0.29, 0.717) is 17.9 Å². The molecule has 1 aromatic rings. The first kappa shape index (κ1) is 15.5. The fourth-order valence-electron chi connectivity index (χ4n) is 2.53. The Kier molecular flexibility index (Phi) is 5.60. The van der Waals surface area contributed by atoms with Crippen LogP contribution in [0.2, 0.25) is 0 Å². The Hall–Kier alpha value is -0.880. The average Bonchev–Trinajstić information content (AvgIpc) is 2.42. The lowest BCUT2D eigenvalue weighted by Gasteiger charge is -2.35. The first-order chi connectivity index (χ1) is 9.60. The summed E-state index contributed by atoms with van der Waals surface area (Å²) in [7, 11) is 2.18. The molecular weight excluding hydrogens is 318 g/mol. The van der Waals surface area contributed by atoms with Crippen molar-refractivity contribution in [3.05, 3.63) is 10.7 Å². The number of hydrogen-bond donors (Lipinski definition) is 2. The molecule has 1 aromatic heterocycles. The molecule has 1 saturated heterocycles. The summed E-state index contributed by atoms with van der Waals surface area (Å²) in [6, 6.07) is 0.469. The summed E-state index contributed by atoms with van der Waals surface area (Å²) in [6.07, 6.45) is 4.02. The Morgan fingerprint density at radius 3 is 3.00 bits per heavy atom. The van der Waals surface area contributed by atoms with Crippen LogP contribution < -0.4 is 10.6 Å². The van der Waals surface area contributed by atoms with Gasteiger partial charge in [0, 0.05) is 25.3 Å². The second-order valence-corrected chi connectivity index (χ2v) is 6.45. The fraction of sp³-hybridized carbons (Fsp3) is 0.714. The molecule has 2 unspecified atom stereocenters. The van der Waals surface area contributed by atoms with Crippen molar-refractivity contribution < 1.29 is 0 Å². The minimum atomic E-state index is 0.469. The van der Waals surface area contributed by atoms with Crippen LogP contribution in [-0.2, 0) is 0 Å². The molecule has 0 saturated carbocycles. The van der Waals surface area contributed by atoms with Gasteiger partial charge in [0.15, 0.2) is 0 Å². The van der Waals surface area contributed by atoms with E-state index < -0.39 is 0 Å². The van der Waals surface area contributed by atoms with Crippen LogP contribution in [0.3, 0.4) is 0 Å². The van der Waals surface area contributed by atoms with Crippen molar-refractivity contribution in [2.24, 2.45) is 5.92 Å². The van der Waals surface area contributed by atoms with Gasteiger partial charge in [-0.25, -0.2) is 4.98 Å². The van der Waals surface area contributed by atoms with Gasteiger partial charge in [-0.05, 0) is 48.3 Å². The maximum Gasteiger partial charge on any atom is 0.224 e. The third kappa shape index (κ3) is 4.06. The van der Waals surface area contributed by atoms with Crippen molar-refractivity contribution in [3.8, 4) is 0 Å². The highest BCUT2D eigenvalue weighted by molar-refractivity contribution is 9.10. The third-order valence-electron chi connectivity index (χ3n) is 3.71. The van der Waals surface area contributed by atoms with Gasteiger partial charge in [-0.2, -0.15) is 4.98 Å². The monoisotopic (exact) mass is 341 g/mol. The van der Waals surface area contributed by atoms with Crippen LogP contribution in [-0.4, -0.2) is 47.6 Å². The SMILES string of the molecule is CCCNc1ncc(Br)c(NC2CCN(C)CC2C)n1. The zero-order valence-electron chi connectivity index (χ0n) is 12.5. The molecule has 1 aliphatic heterocycles. The highest BCUT2D eigenvalue weighted by Gasteiger charge is 2.24. The smallest absolute Gasteiger partial charge is 0.224 e. The van der Waals surface area contributed by atoms with E-state index in [1.54, 1.807) is 0 Å². The van der Waals surface area contributed by atoms with Gasteiger partial charge in [0.2, 0.25) is 5.95 Å². The summed E-state index contributed by atoms with van der Waals surface area (Å²) in [5, 5.41) is 6.80. The lowest BCUT2D eigenvalue weighted by atomic mass is 9.94. The maximum atomic E-state index is 4.56. The Morgan fingerprint density at radius 1 is 1.50 bits per heavy atom. The minimum absolute atomic E-state index is 0.469. The van der Waals surface area contributed by atoms with Gasteiger partial charge >= 0.3 is 0 Å². The average molecular weight is 342 g/mol. The molecule has 20 heavy (non-hydrogen) atoms. The van der Waals surface area contributed by atoms with Gasteiger partial charge in [-0.3, -0.25) is 0 Å². The van der Waals surface area contributed by atoms with Gasteiger partial charge in [0.1, 0.15) is 5.82 Å². The number of nitrogens with one attached hydrogen (secondary N) is 2. The molecule has 112 valence electrons. The van der Waals surface area contributed by atoms with Crippen molar-refractivity contribution in [1.82, 2.24) is 14.9 Å². The van der Waals surface area contributed by atoms with E-state index in [2.05, 4.69) is 62.3 Å². The summed E-state index contributed by atoms with van der Waals surface area (Å²) in [4.78, 5) is 11.2. The Morgan fingerprint density at radius 2 is 2.30 bits per heavy atom. The standard InChI is InChI=1S/C14H24BrN5/c1-4-6-16-14-17-8-11(15)13(19-14)18-12-5-7-20(3)9-10(12)2/h8,10,12H,4-7,9H2,1-3H3,(H2,16,17,18,19). The molecular formula is C14H24BrN5. The van der Waals surface area contributed by atoms with Crippen molar-refractivity contribution in [2.75, 3.05) is 37.3 Å². The van der Waals surface area contributed by atoms with Gasteiger partial charge in [0.05, 0.1) is 4.47 Å². The van der Waals surface area contributed by atoms with Gasteiger partial charge in [-0.15, -0.1) is 0 Å². The van der Waals surface area contributed by atoms with E-state index in [4.69, 9.17) is 0 Å². The first-order valence-electron chi connectivity index (χ1n) is 7.31. The predicted molar refractivity (Wildman–Crippen MR) is 87.2 cm³/mol. The molecule has 0 aliphatic carbocycles. The zero-order valence-corrected chi connectivity index (χ0v) is 14.1. The molecule has 1 fully saturated rings. The number of piperidine rings is 1. The summed E-state index contributed by atoms with van der Waals surface area (Å²) in [6.45, 7) is 7.57. The Balaban J connectivity index is 2.04. The highest BCUT2D eigenvalue weighted by Crippen LogP contribution is 2.25. The molecule has 0 radical (unpaired) electrons. The van der Waals surface area contributed by atoms with Gasteiger partial charge < -0.3 is 15.5 Å². The van der Waals surface area contributed by atoms with Gasteiger partial charge in [0.25, 0.3) is 0 Å². The number of halogens is 1. The molecule has 6 heteroatoms. The maximum absolute atomic E-state index is 4.56. The molecule has 2 heterocycles. The van der Waals surface area contributed by atoms with Crippen molar-refractivity contribution in [3.63, 3.8) is 0 Å². The number of hydrogen-bond acceptors (Lipinski definition) is 5. The molecule has 2 N–H and O–H groups in total. The van der Waals surface area contributed by atoms with Crippen molar-refractivity contribution >= 4 is 27.7 Å². The van der Waals surface area contributed by atoms with Crippen LogP contribution >= 0.6 is 15.9 Å². The largest absolute Gasteiger partial charge is 0.366 e. The van der Waals surface area contributed by atoms with Crippen LogP contribution in [0.15, 0.2) is 10.7 Å². The van der Waals surface area contributed by atoms with E-state index in [1.807, 2.05) is 6.20 Å². The lowest BCUT2D eigenvalue weighted by Crippen LogP contribution is -2.43. The molecule has 0 aromatic carbocycles. The molecule has 2 atom stereocenters. The summed E-state index contributed by atoms with van der Waals surface area (Å²) < 4.78 is 0.922. The van der Waals surface area contributed by atoms with Crippen LogP contribution in [0.1, 0.15) is 26.7 Å². The Bertz CT molecular complexity index is 440. The molecule has 1 aliphatic rings.